The lowest BCUT2D eigenvalue weighted by atomic mass is 10.1. The number of aliphatic imine (C=N–C) groups is 1. The summed E-state index contributed by atoms with van der Waals surface area (Å²) in [5, 5.41) is 0. The normalized spacial score (nSPS) is 13.0. The highest BCUT2D eigenvalue weighted by molar-refractivity contribution is 5.84. The van der Waals surface area contributed by atoms with Crippen LogP contribution in [-0.4, -0.2) is 5.71 Å². The predicted octanol–water partition coefficient (Wildman–Crippen LogP) is 2.80. The van der Waals surface area contributed by atoms with Crippen LogP contribution in [0.2, 0.25) is 0 Å². The fourth-order valence-electron chi connectivity index (χ4n) is 0.371. The van der Waals surface area contributed by atoms with Gasteiger partial charge in [-0.1, -0.05) is 26.5 Å². The van der Waals surface area contributed by atoms with Gasteiger partial charge >= 0.3 is 0 Å². The van der Waals surface area contributed by atoms with Crippen LogP contribution < -0.4 is 0 Å². The molecule has 0 aromatic carbocycles. The molecule has 0 unspecified atom stereocenters. The Kier molecular flexibility index (Phi) is 4.55. The van der Waals surface area contributed by atoms with Crippen LogP contribution >= 0.6 is 0 Å². The Morgan fingerprint density at radius 1 is 1.50 bits per heavy atom. The molecule has 0 bridgehead atoms. The Bertz CT molecular complexity index is 152. The van der Waals surface area contributed by atoms with Crippen molar-refractivity contribution in [2.45, 2.75) is 20.8 Å². The Hall–Kier alpha value is -0.850. The fourth-order valence-corrected chi connectivity index (χ4v) is 0.371. The van der Waals surface area contributed by atoms with Crippen LogP contribution in [0.4, 0.5) is 0 Å². The minimum atomic E-state index is 0.537. The van der Waals surface area contributed by atoms with E-state index in [1.54, 1.807) is 12.3 Å². The first kappa shape index (κ1) is 9.15. The maximum Gasteiger partial charge on any atom is 0.0266 e. The quantitative estimate of drug-likeness (QED) is 0.419. The van der Waals surface area contributed by atoms with Crippen molar-refractivity contribution in [1.82, 2.24) is 0 Å². The highest BCUT2D eigenvalue weighted by Crippen LogP contribution is 1.95. The Morgan fingerprint density at radius 2 is 2.10 bits per heavy atom. The molecule has 0 fully saturated rings. The van der Waals surface area contributed by atoms with Gasteiger partial charge in [0.25, 0.3) is 0 Å². The predicted molar refractivity (Wildman–Crippen MR) is 47.3 cm³/mol. The maximum absolute atomic E-state index is 4.18. The van der Waals surface area contributed by atoms with Crippen molar-refractivity contribution in [2.24, 2.45) is 10.9 Å². The third kappa shape index (κ3) is 4.07. The molecule has 10 heavy (non-hydrogen) atoms. The van der Waals surface area contributed by atoms with Crippen molar-refractivity contribution in [2.75, 3.05) is 0 Å². The summed E-state index contributed by atoms with van der Waals surface area (Å²) in [5.74, 6) is 0.537. The maximum atomic E-state index is 4.18. The van der Waals surface area contributed by atoms with Crippen molar-refractivity contribution in [3.8, 4) is 0 Å². The van der Waals surface area contributed by atoms with E-state index >= 15 is 0 Å². The van der Waals surface area contributed by atoms with Crippen molar-refractivity contribution < 1.29 is 0 Å². The minimum absolute atomic E-state index is 0.537. The first-order chi connectivity index (χ1) is 4.68. The van der Waals surface area contributed by atoms with Gasteiger partial charge in [0.15, 0.2) is 0 Å². The van der Waals surface area contributed by atoms with Crippen LogP contribution in [0.3, 0.4) is 0 Å². The minimum Gasteiger partial charge on any atom is -0.266 e. The molecule has 0 rings (SSSR count). The van der Waals surface area contributed by atoms with E-state index in [1.807, 2.05) is 13.0 Å². The molecule has 0 aliphatic carbocycles. The van der Waals surface area contributed by atoms with E-state index in [-0.39, 0.29) is 0 Å². The molecule has 0 N–H and O–H groups in total. The van der Waals surface area contributed by atoms with E-state index in [9.17, 15) is 0 Å². The summed E-state index contributed by atoms with van der Waals surface area (Å²) in [4.78, 5) is 4.18. The molecule has 0 aliphatic heterocycles. The van der Waals surface area contributed by atoms with Gasteiger partial charge < -0.3 is 0 Å². The third-order valence-corrected chi connectivity index (χ3v) is 1.34. The molecule has 0 aliphatic rings. The molecule has 1 heteroatoms. The molecule has 0 spiro atoms. The molecule has 0 heterocycles. The molecular weight excluding hydrogens is 122 g/mol. The lowest BCUT2D eigenvalue weighted by Gasteiger charge is -1.99. The van der Waals surface area contributed by atoms with Crippen molar-refractivity contribution in [3.63, 3.8) is 0 Å². The Balaban J connectivity index is 3.91. The number of hydrogen-bond donors (Lipinski definition) is 0. The summed E-state index contributed by atoms with van der Waals surface area (Å²) < 4.78 is 0. The van der Waals surface area contributed by atoms with Crippen LogP contribution in [0.5, 0.6) is 0 Å². The van der Waals surface area contributed by atoms with Crippen LogP contribution in [0.1, 0.15) is 20.8 Å². The monoisotopic (exact) mass is 137 g/mol. The summed E-state index contributed by atoms with van der Waals surface area (Å²) in [6, 6.07) is 0. The van der Waals surface area contributed by atoms with Gasteiger partial charge in [0.1, 0.15) is 0 Å². The second-order valence-electron chi connectivity index (χ2n) is 2.50. The number of hydrogen-bond acceptors (Lipinski definition) is 1. The van der Waals surface area contributed by atoms with E-state index in [2.05, 4.69) is 25.4 Å². The van der Waals surface area contributed by atoms with Gasteiger partial charge in [-0.3, -0.25) is 4.99 Å². The smallest absolute Gasteiger partial charge is 0.0266 e. The lowest BCUT2D eigenvalue weighted by Crippen LogP contribution is -1.99. The van der Waals surface area contributed by atoms with E-state index < -0.39 is 0 Å². The largest absolute Gasteiger partial charge is 0.266 e. The Labute approximate surface area is 63.2 Å². The van der Waals surface area contributed by atoms with Gasteiger partial charge in [-0.25, -0.2) is 0 Å². The molecule has 0 aromatic heterocycles. The van der Waals surface area contributed by atoms with Crippen LogP contribution in [-0.2, 0) is 0 Å². The Morgan fingerprint density at radius 3 is 2.50 bits per heavy atom. The van der Waals surface area contributed by atoms with Crippen molar-refractivity contribution in [3.05, 3.63) is 24.9 Å². The molecule has 0 amide bonds. The second kappa shape index (κ2) is 4.98. The third-order valence-electron chi connectivity index (χ3n) is 1.34. The zero-order valence-electron chi connectivity index (χ0n) is 6.96. The average Bonchev–Trinajstić information content (AvgIpc) is 1.88. The first-order valence-corrected chi connectivity index (χ1v) is 3.50. The molecule has 56 valence electrons. The van der Waals surface area contributed by atoms with E-state index in [1.165, 1.54) is 0 Å². The highest BCUT2D eigenvalue weighted by Gasteiger charge is 1.93. The molecule has 0 atom stereocenters. The zero-order valence-corrected chi connectivity index (χ0v) is 6.96. The van der Waals surface area contributed by atoms with E-state index in [0.717, 1.165) is 5.71 Å². The SMILES string of the molecule is C=C/C=C\N=C(/C)C(C)C. The van der Waals surface area contributed by atoms with Crippen LogP contribution in [0, 0.1) is 5.92 Å². The fraction of sp³-hybridized carbons (Fsp3) is 0.444. The zero-order chi connectivity index (χ0) is 7.98. The van der Waals surface area contributed by atoms with Gasteiger partial charge in [0, 0.05) is 11.9 Å². The van der Waals surface area contributed by atoms with Gasteiger partial charge in [-0.15, -0.1) is 0 Å². The summed E-state index contributed by atoms with van der Waals surface area (Å²) in [6.45, 7) is 9.82. The van der Waals surface area contributed by atoms with Gasteiger partial charge in [0.05, 0.1) is 0 Å². The molecule has 0 saturated heterocycles. The average molecular weight is 137 g/mol. The van der Waals surface area contributed by atoms with Crippen LogP contribution in [0.25, 0.3) is 0 Å². The van der Waals surface area contributed by atoms with Crippen LogP contribution in [0.15, 0.2) is 29.9 Å². The first-order valence-electron chi connectivity index (χ1n) is 3.50. The molecule has 0 aromatic rings. The summed E-state index contributed by atoms with van der Waals surface area (Å²) >= 11 is 0. The van der Waals surface area contributed by atoms with Crippen molar-refractivity contribution >= 4 is 5.71 Å². The van der Waals surface area contributed by atoms with Gasteiger partial charge in [-0.05, 0) is 18.9 Å². The molecule has 0 radical (unpaired) electrons. The van der Waals surface area contributed by atoms with Crippen molar-refractivity contribution in [1.29, 1.82) is 0 Å². The lowest BCUT2D eigenvalue weighted by molar-refractivity contribution is 0.878. The van der Waals surface area contributed by atoms with E-state index in [4.69, 9.17) is 0 Å². The summed E-state index contributed by atoms with van der Waals surface area (Å²) in [7, 11) is 0. The second-order valence-corrected chi connectivity index (χ2v) is 2.50. The highest BCUT2D eigenvalue weighted by atomic mass is 14.7. The molecular formula is C9H15N. The standard InChI is InChI=1S/C9H15N/c1-5-6-7-10-9(4)8(2)3/h5-8H,1H2,2-4H3/b7-6-,10-9+. The van der Waals surface area contributed by atoms with E-state index in [0.29, 0.717) is 5.92 Å². The number of nitrogens with zero attached hydrogens (tertiary/aromatic N) is 1. The van der Waals surface area contributed by atoms with Gasteiger partial charge in [0.2, 0.25) is 0 Å². The van der Waals surface area contributed by atoms with Gasteiger partial charge in [-0.2, -0.15) is 0 Å². The molecule has 0 saturated carbocycles. The molecule has 1 nitrogen and oxygen atoms in total. The summed E-state index contributed by atoms with van der Waals surface area (Å²) in [6.07, 6.45) is 5.31. The number of rotatable bonds is 3. The topological polar surface area (TPSA) is 12.4 Å². The summed E-state index contributed by atoms with van der Waals surface area (Å²) in [5.41, 5.74) is 1.15. The number of allylic oxidation sites excluding steroid dienone is 2.